The van der Waals surface area contributed by atoms with Gasteiger partial charge in [-0.05, 0) is 30.5 Å². The Morgan fingerprint density at radius 3 is 2.32 bits per heavy atom. The van der Waals surface area contributed by atoms with E-state index in [-0.39, 0.29) is 12.5 Å². The van der Waals surface area contributed by atoms with Gasteiger partial charge in [0.2, 0.25) is 0 Å². The van der Waals surface area contributed by atoms with Crippen molar-refractivity contribution in [1.29, 1.82) is 0 Å². The second-order valence-electron chi connectivity index (χ2n) is 5.31. The first kappa shape index (κ1) is 16.2. The number of methoxy groups -OCH3 is 2. The minimum atomic E-state index is -0.629. The molecule has 1 aliphatic rings. The molecule has 0 saturated heterocycles. The van der Waals surface area contributed by atoms with Crippen LogP contribution in [0.1, 0.15) is 31.2 Å². The van der Waals surface area contributed by atoms with Gasteiger partial charge in [-0.25, -0.2) is 5.48 Å². The van der Waals surface area contributed by atoms with Crippen LogP contribution >= 0.6 is 0 Å². The summed E-state index contributed by atoms with van der Waals surface area (Å²) >= 11 is 0. The van der Waals surface area contributed by atoms with Gasteiger partial charge in [0.1, 0.15) is 18.1 Å². The predicted octanol–water partition coefficient (Wildman–Crippen LogP) is 2.20. The molecule has 2 rings (SSSR count). The first-order valence-corrected chi connectivity index (χ1v) is 7.25. The number of hydrogen-bond donors (Lipinski definition) is 1. The molecule has 0 atom stereocenters. The number of carbonyl (C=O) groups is 1. The Morgan fingerprint density at radius 2 is 1.82 bits per heavy atom. The Balaban J connectivity index is 2.35. The van der Waals surface area contributed by atoms with Crippen LogP contribution in [0.4, 0.5) is 0 Å². The lowest BCUT2D eigenvalue weighted by atomic mass is 9.78. The van der Waals surface area contributed by atoms with Crippen LogP contribution in [0.25, 0.3) is 0 Å². The van der Waals surface area contributed by atoms with Gasteiger partial charge in [-0.2, -0.15) is 0 Å². The van der Waals surface area contributed by atoms with Crippen molar-refractivity contribution < 1.29 is 19.1 Å². The van der Waals surface area contributed by atoms with Crippen LogP contribution in [0.15, 0.2) is 18.2 Å². The van der Waals surface area contributed by atoms with Crippen LogP contribution in [0, 0.1) is 12.3 Å². The average molecular weight is 303 g/mol. The summed E-state index contributed by atoms with van der Waals surface area (Å²) in [4.78, 5) is 17.7. The fourth-order valence-electron chi connectivity index (χ4n) is 2.95. The molecule has 1 saturated carbocycles. The number of benzene rings is 1. The van der Waals surface area contributed by atoms with Gasteiger partial charge in [0, 0.05) is 6.07 Å². The van der Waals surface area contributed by atoms with Crippen molar-refractivity contribution in [3.63, 3.8) is 0 Å². The number of amides is 1. The number of carbonyl (C=O) groups excluding carboxylic acids is 1. The molecule has 1 aromatic carbocycles. The molecule has 1 fully saturated rings. The van der Waals surface area contributed by atoms with Gasteiger partial charge in [-0.3, -0.25) is 9.63 Å². The largest absolute Gasteiger partial charge is 0.497 e. The Labute approximate surface area is 130 Å². The summed E-state index contributed by atoms with van der Waals surface area (Å²) in [5, 5.41) is 0. The van der Waals surface area contributed by atoms with Gasteiger partial charge < -0.3 is 9.47 Å². The molecular formula is C17H21NO4. The number of hydroxylamine groups is 1. The van der Waals surface area contributed by atoms with Crippen molar-refractivity contribution in [1.82, 2.24) is 5.48 Å². The van der Waals surface area contributed by atoms with E-state index in [4.69, 9.17) is 20.7 Å². The molecule has 22 heavy (non-hydrogen) atoms. The molecule has 0 aliphatic heterocycles. The van der Waals surface area contributed by atoms with Crippen LogP contribution in [0.5, 0.6) is 11.5 Å². The molecule has 1 N–H and O–H groups in total. The van der Waals surface area contributed by atoms with E-state index >= 15 is 0 Å². The third kappa shape index (κ3) is 3.18. The SMILES string of the molecule is C#CCONC(=O)C1(c2cc(OC)cc(OC)c2)CCCC1. The molecule has 0 unspecified atom stereocenters. The summed E-state index contributed by atoms with van der Waals surface area (Å²) in [6, 6.07) is 5.56. The molecule has 5 nitrogen and oxygen atoms in total. The summed E-state index contributed by atoms with van der Waals surface area (Å²) in [7, 11) is 3.19. The highest BCUT2D eigenvalue weighted by molar-refractivity contribution is 5.88. The van der Waals surface area contributed by atoms with Crippen LogP contribution in [0.3, 0.4) is 0 Å². The number of ether oxygens (including phenoxy) is 2. The lowest BCUT2D eigenvalue weighted by molar-refractivity contribution is -0.138. The highest BCUT2D eigenvalue weighted by Crippen LogP contribution is 2.43. The van der Waals surface area contributed by atoms with E-state index in [1.807, 2.05) is 12.1 Å². The Kier molecular flexibility index (Phi) is 5.29. The third-order valence-corrected chi connectivity index (χ3v) is 4.12. The Bertz CT molecular complexity index is 548. The monoisotopic (exact) mass is 303 g/mol. The van der Waals surface area contributed by atoms with Crippen molar-refractivity contribution in [3.05, 3.63) is 23.8 Å². The van der Waals surface area contributed by atoms with Gasteiger partial charge in [-0.1, -0.05) is 18.8 Å². The van der Waals surface area contributed by atoms with Gasteiger partial charge in [0.15, 0.2) is 0 Å². The van der Waals surface area contributed by atoms with Crippen LogP contribution in [0.2, 0.25) is 0 Å². The minimum absolute atomic E-state index is 0.0449. The smallest absolute Gasteiger partial charge is 0.254 e. The van der Waals surface area contributed by atoms with E-state index in [0.29, 0.717) is 11.5 Å². The van der Waals surface area contributed by atoms with E-state index in [1.54, 1.807) is 20.3 Å². The summed E-state index contributed by atoms with van der Waals surface area (Å²) in [6.07, 6.45) is 8.62. The molecule has 1 aromatic rings. The summed E-state index contributed by atoms with van der Waals surface area (Å²) < 4.78 is 10.6. The maximum absolute atomic E-state index is 12.7. The first-order chi connectivity index (χ1) is 10.7. The second-order valence-corrected chi connectivity index (χ2v) is 5.31. The van der Waals surface area contributed by atoms with Crippen molar-refractivity contribution in [2.45, 2.75) is 31.1 Å². The summed E-state index contributed by atoms with van der Waals surface area (Å²) in [5.41, 5.74) is 2.73. The normalized spacial score (nSPS) is 15.9. The molecule has 118 valence electrons. The zero-order valence-electron chi connectivity index (χ0n) is 13.0. The molecule has 1 aliphatic carbocycles. The fraction of sp³-hybridized carbons (Fsp3) is 0.471. The van der Waals surface area contributed by atoms with Crippen LogP contribution in [-0.4, -0.2) is 26.7 Å². The standard InChI is InChI=1S/C17H21NO4/c1-4-9-22-18-16(19)17(7-5-6-8-17)13-10-14(20-2)12-15(11-13)21-3/h1,10-12H,5-9H2,2-3H3,(H,18,19). The molecule has 0 radical (unpaired) electrons. The number of hydrogen-bond acceptors (Lipinski definition) is 4. The highest BCUT2D eigenvalue weighted by atomic mass is 16.6. The lowest BCUT2D eigenvalue weighted by Crippen LogP contribution is -2.42. The quantitative estimate of drug-likeness (QED) is 0.497. The first-order valence-electron chi connectivity index (χ1n) is 7.25. The molecule has 1 amide bonds. The zero-order valence-corrected chi connectivity index (χ0v) is 13.0. The fourth-order valence-corrected chi connectivity index (χ4v) is 2.95. The van der Waals surface area contributed by atoms with Gasteiger partial charge >= 0.3 is 0 Å². The van der Waals surface area contributed by atoms with Crippen molar-refractivity contribution >= 4 is 5.91 Å². The Morgan fingerprint density at radius 1 is 1.23 bits per heavy atom. The molecule has 0 heterocycles. The van der Waals surface area contributed by atoms with Gasteiger partial charge in [0.05, 0.1) is 19.6 Å². The number of terminal acetylenes is 1. The zero-order chi connectivity index (χ0) is 16.0. The maximum Gasteiger partial charge on any atom is 0.254 e. The summed E-state index contributed by atoms with van der Waals surface area (Å²) in [6.45, 7) is 0.0449. The average Bonchev–Trinajstić information content (AvgIpc) is 3.05. The molecule has 0 spiro atoms. The summed E-state index contributed by atoms with van der Waals surface area (Å²) in [5.74, 6) is 3.48. The third-order valence-electron chi connectivity index (χ3n) is 4.12. The van der Waals surface area contributed by atoms with Crippen molar-refractivity contribution in [2.24, 2.45) is 0 Å². The molecular weight excluding hydrogens is 282 g/mol. The van der Waals surface area contributed by atoms with Crippen LogP contribution in [-0.2, 0) is 15.0 Å². The van der Waals surface area contributed by atoms with E-state index in [2.05, 4.69) is 11.4 Å². The molecule has 0 aromatic heterocycles. The lowest BCUT2D eigenvalue weighted by Gasteiger charge is -2.28. The number of nitrogens with one attached hydrogen (secondary N) is 1. The predicted molar refractivity (Wildman–Crippen MR) is 82.6 cm³/mol. The second kappa shape index (κ2) is 7.19. The van der Waals surface area contributed by atoms with Crippen molar-refractivity contribution in [2.75, 3.05) is 20.8 Å². The maximum atomic E-state index is 12.7. The van der Waals surface area contributed by atoms with E-state index in [0.717, 1.165) is 31.2 Å². The molecule has 5 heteroatoms. The minimum Gasteiger partial charge on any atom is -0.497 e. The van der Waals surface area contributed by atoms with E-state index in [9.17, 15) is 4.79 Å². The molecule has 0 bridgehead atoms. The van der Waals surface area contributed by atoms with Crippen molar-refractivity contribution in [3.8, 4) is 23.8 Å². The van der Waals surface area contributed by atoms with E-state index < -0.39 is 5.41 Å². The number of rotatable bonds is 6. The Hall–Kier alpha value is -2.19. The van der Waals surface area contributed by atoms with E-state index in [1.165, 1.54) is 0 Å². The topological polar surface area (TPSA) is 56.8 Å². The highest BCUT2D eigenvalue weighted by Gasteiger charge is 2.43. The van der Waals surface area contributed by atoms with Gasteiger partial charge in [0.25, 0.3) is 5.91 Å². The van der Waals surface area contributed by atoms with Crippen LogP contribution < -0.4 is 15.0 Å². The van der Waals surface area contributed by atoms with Gasteiger partial charge in [-0.15, -0.1) is 6.42 Å².